The summed E-state index contributed by atoms with van der Waals surface area (Å²) in [5, 5.41) is 10.7. The van der Waals surface area contributed by atoms with Crippen LogP contribution in [0, 0.1) is 0 Å². The van der Waals surface area contributed by atoms with Crippen molar-refractivity contribution < 1.29 is 12.7 Å². The van der Waals surface area contributed by atoms with Crippen LogP contribution in [0.3, 0.4) is 0 Å². The molecule has 1 saturated carbocycles. The summed E-state index contributed by atoms with van der Waals surface area (Å²) in [6, 6.07) is 8.45. The van der Waals surface area contributed by atoms with Crippen molar-refractivity contribution in [1.82, 2.24) is 29.8 Å². The predicted octanol–water partition coefficient (Wildman–Crippen LogP) is 3.72. The van der Waals surface area contributed by atoms with E-state index in [4.69, 9.17) is 11.6 Å². The molecule has 2 aromatic heterocycles. The lowest BCUT2D eigenvalue weighted by atomic mass is 10.2. The van der Waals surface area contributed by atoms with Gasteiger partial charge in [0.25, 0.3) is 0 Å². The van der Waals surface area contributed by atoms with Crippen LogP contribution >= 0.6 is 11.6 Å². The van der Waals surface area contributed by atoms with Gasteiger partial charge in [0, 0.05) is 40.6 Å². The molecule has 0 aliphatic heterocycles. The van der Waals surface area contributed by atoms with Crippen molar-refractivity contribution >= 4 is 33.3 Å². The molecule has 0 spiro atoms. The molecule has 0 unspecified atom stereocenters. The highest BCUT2D eigenvalue weighted by Gasteiger charge is 2.25. The van der Waals surface area contributed by atoms with Crippen LogP contribution in [-0.2, 0) is 10.0 Å². The van der Waals surface area contributed by atoms with Crippen LogP contribution in [-0.4, -0.2) is 60.7 Å². The quantitative estimate of drug-likeness (QED) is 0.439. The third-order valence-corrected chi connectivity index (χ3v) is 6.59. The maximum Gasteiger partial charge on any atom is 0.240 e. The number of aromatic nitrogens is 4. The molecule has 31 heavy (non-hydrogen) atoms. The zero-order valence-corrected chi connectivity index (χ0v) is 18.8. The first kappa shape index (κ1) is 21.7. The van der Waals surface area contributed by atoms with E-state index in [1.165, 1.54) is 19.0 Å². The second-order valence-electron chi connectivity index (χ2n) is 7.73. The van der Waals surface area contributed by atoms with Gasteiger partial charge in [0.15, 0.2) is 17.5 Å². The first-order chi connectivity index (χ1) is 14.8. The Morgan fingerprint density at radius 3 is 2.84 bits per heavy atom. The van der Waals surface area contributed by atoms with E-state index in [1.807, 2.05) is 25.1 Å². The summed E-state index contributed by atoms with van der Waals surface area (Å²) in [5.41, 5.74) is 1.66. The van der Waals surface area contributed by atoms with Crippen molar-refractivity contribution in [2.45, 2.75) is 23.7 Å². The molecule has 1 aromatic carbocycles. The molecular formula is C20H30ClN7O2S. The molecule has 1 aliphatic rings. The molecule has 3 N–H and O–H groups in total. The minimum Gasteiger partial charge on any atom is -0.322 e. The van der Waals surface area contributed by atoms with Gasteiger partial charge in [-0.15, -0.1) is 0 Å². The number of nitrogens with zero attached hydrogens (tertiary/aromatic N) is 4. The molecule has 2 heterocycles. The number of H-pyrrole nitrogens is 1. The van der Waals surface area contributed by atoms with Crippen molar-refractivity contribution in [3.8, 4) is 11.4 Å². The third-order valence-electron chi connectivity index (χ3n) is 4.86. The van der Waals surface area contributed by atoms with E-state index in [1.54, 1.807) is 24.3 Å². The van der Waals surface area contributed by atoms with Crippen LogP contribution in [0.25, 0.3) is 11.4 Å². The Morgan fingerprint density at radius 1 is 1.29 bits per heavy atom. The zero-order chi connectivity index (χ0) is 22.0. The van der Waals surface area contributed by atoms with Crippen molar-refractivity contribution in [3.05, 3.63) is 47.2 Å². The first-order valence-corrected chi connectivity index (χ1v) is 11.8. The number of hydrogen-bond donors (Lipinski definition) is 3. The summed E-state index contributed by atoms with van der Waals surface area (Å²) in [7, 11) is 0.125. The monoisotopic (exact) mass is 467 g/mol. The van der Waals surface area contributed by atoms with E-state index in [2.05, 4.69) is 30.2 Å². The van der Waals surface area contributed by atoms with Crippen LogP contribution in [0.1, 0.15) is 28.7 Å². The lowest BCUT2D eigenvalue weighted by Gasteiger charge is -2.12. The number of rotatable bonds is 9. The number of hydrogen-bond acceptors (Lipinski definition) is 7. The SMILES string of the molecule is CN(C)CCNS(=O)(=O)c1cccc(-c2ncc(Cl)c(Nc3cc(C4CC4)[nH]n3)n2)c1.[HH].[HH].[HH]. The molecule has 170 valence electrons. The molecule has 0 atom stereocenters. The third kappa shape index (κ3) is 5.40. The number of sulfonamides is 1. The van der Waals surface area contributed by atoms with Gasteiger partial charge in [0.1, 0.15) is 5.02 Å². The minimum atomic E-state index is -3.64. The fourth-order valence-electron chi connectivity index (χ4n) is 3.01. The second kappa shape index (κ2) is 8.91. The van der Waals surface area contributed by atoms with Gasteiger partial charge in [-0.1, -0.05) is 23.7 Å². The molecule has 4 rings (SSSR count). The molecule has 0 saturated heterocycles. The predicted molar refractivity (Wildman–Crippen MR) is 126 cm³/mol. The van der Waals surface area contributed by atoms with Crippen molar-refractivity contribution in [1.29, 1.82) is 0 Å². The Labute approximate surface area is 190 Å². The maximum atomic E-state index is 12.6. The van der Waals surface area contributed by atoms with Crippen LogP contribution < -0.4 is 10.0 Å². The maximum absolute atomic E-state index is 12.6. The van der Waals surface area contributed by atoms with Gasteiger partial charge in [0.05, 0.1) is 11.1 Å². The standard InChI is InChI=1S/C20H24ClN7O2S.3H2/c1-28(2)9-8-23-31(29,30)15-5-3-4-14(10-15)19-22-12-16(21)20(25-19)24-18-11-17(26-27-18)13-6-7-13;;;/h3-5,10-13,23H,6-9H2,1-2H3,(H2,22,24,25,26,27);3*1H. The fourth-order valence-corrected chi connectivity index (χ4v) is 4.21. The highest BCUT2D eigenvalue weighted by molar-refractivity contribution is 7.89. The Kier molecular flexibility index (Phi) is 6.24. The van der Waals surface area contributed by atoms with Crippen molar-refractivity contribution in [3.63, 3.8) is 0 Å². The van der Waals surface area contributed by atoms with Gasteiger partial charge in [-0.3, -0.25) is 5.10 Å². The molecule has 9 nitrogen and oxygen atoms in total. The molecule has 0 radical (unpaired) electrons. The average Bonchev–Trinajstić information content (AvgIpc) is 3.48. The Hall–Kier alpha value is -2.53. The van der Waals surface area contributed by atoms with Crippen LogP contribution in [0.4, 0.5) is 11.6 Å². The highest BCUT2D eigenvalue weighted by atomic mass is 35.5. The summed E-state index contributed by atoms with van der Waals surface area (Å²) >= 11 is 6.27. The molecular weight excluding hydrogens is 438 g/mol. The smallest absolute Gasteiger partial charge is 0.240 e. The van der Waals surface area contributed by atoms with E-state index in [0.717, 1.165) is 5.69 Å². The number of benzene rings is 1. The Balaban J connectivity index is 0.00000193. The summed E-state index contributed by atoms with van der Waals surface area (Å²) in [4.78, 5) is 10.8. The molecule has 3 aromatic rings. The topological polar surface area (TPSA) is 116 Å². The van der Waals surface area contributed by atoms with E-state index in [9.17, 15) is 8.42 Å². The summed E-state index contributed by atoms with van der Waals surface area (Å²) < 4.78 is 27.8. The van der Waals surface area contributed by atoms with Gasteiger partial charge in [0.2, 0.25) is 10.0 Å². The number of nitrogens with one attached hydrogen (secondary N) is 3. The lowest BCUT2D eigenvalue weighted by molar-refractivity contribution is 0.412. The van der Waals surface area contributed by atoms with Gasteiger partial charge in [-0.05, 0) is 39.1 Å². The molecule has 1 fully saturated rings. The van der Waals surface area contributed by atoms with E-state index < -0.39 is 10.0 Å². The minimum absolute atomic E-state index is 0. The number of anilines is 2. The highest BCUT2D eigenvalue weighted by Crippen LogP contribution is 2.39. The van der Waals surface area contributed by atoms with E-state index in [0.29, 0.717) is 47.1 Å². The van der Waals surface area contributed by atoms with Gasteiger partial charge in [-0.2, -0.15) is 5.10 Å². The van der Waals surface area contributed by atoms with Gasteiger partial charge >= 0.3 is 0 Å². The molecule has 0 amide bonds. The Morgan fingerprint density at radius 2 is 2.10 bits per heavy atom. The first-order valence-electron chi connectivity index (χ1n) is 9.91. The number of halogens is 1. The van der Waals surface area contributed by atoms with Gasteiger partial charge < -0.3 is 10.2 Å². The number of likely N-dealkylation sites (N-methyl/N-ethyl adjacent to an activating group) is 1. The largest absolute Gasteiger partial charge is 0.322 e. The molecule has 0 bridgehead atoms. The van der Waals surface area contributed by atoms with Crippen LogP contribution in [0.5, 0.6) is 0 Å². The Bertz CT molecular complexity index is 1190. The van der Waals surface area contributed by atoms with Gasteiger partial charge in [-0.25, -0.2) is 23.1 Å². The van der Waals surface area contributed by atoms with Crippen molar-refractivity contribution in [2.24, 2.45) is 0 Å². The van der Waals surface area contributed by atoms with Crippen LogP contribution in [0.2, 0.25) is 5.02 Å². The molecule has 11 heteroatoms. The second-order valence-corrected chi connectivity index (χ2v) is 9.90. The van der Waals surface area contributed by atoms with E-state index in [-0.39, 0.29) is 9.18 Å². The summed E-state index contributed by atoms with van der Waals surface area (Å²) in [6.07, 6.45) is 3.82. The van der Waals surface area contributed by atoms with Crippen LogP contribution in [0.15, 0.2) is 41.4 Å². The average molecular weight is 468 g/mol. The number of aromatic amines is 1. The fraction of sp³-hybridized carbons (Fsp3) is 0.350. The van der Waals surface area contributed by atoms with Crippen molar-refractivity contribution in [2.75, 3.05) is 32.5 Å². The normalized spacial score (nSPS) is 14.2. The zero-order valence-electron chi connectivity index (χ0n) is 17.3. The molecule has 1 aliphatic carbocycles. The summed E-state index contributed by atoms with van der Waals surface area (Å²) in [5.74, 6) is 1.93. The lowest BCUT2D eigenvalue weighted by Crippen LogP contribution is -2.31. The van der Waals surface area contributed by atoms with E-state index >= 15 is 0 Å². The summed E-state index contributed by atoms with van der Waals surface area (Å²) in [6.45, 7) is 0.918.